The first-order chi connectivity index (χ1) is 14.5. The van der Waals surface area contributed by atoms with Gasteiger partial charge in [-0.15, -0.1) is 0 Å². The molecule has 2 amide bonds. The molecule has 0 spiro atoms. The Labute approximate surface area is 175 Å². The number of esters is 1. The fourth-order valence-corrected chi connectivity index (χ4v) is 3.26. The predicted octanol–water partition coefficient (Wildman–Crippen LogP) is 3.09. The van der Waals surface area contributed by atoms with E-state index in [1.165, 1.54) is 0 Å². The molecular weight excluding hydrogens is 384 g/mol. The van der Waals surface area contributed by atoms with Crippen LogP contribution >= 0.6 is 0 Å². The van der Waals surface area contributed by atoms with Gasteiger partial charge in [-0.1, -0.05) is 42.5 Å². The summed E-state index contributed by atoms with van der Waals surface area (Å²) in [5.74, 6) is -1.42. The van der Waals surface area contributed by atoms with Crippen LogP contribution in [0.4, 0.5) is 5.69 Å². The highest BCUT2D eigenvalue weighted by Crippen LogP contribution is 2.19. The van der Waals surface area contributed by atoms with Crippen molar-refractivity contribution < 1.29 is 23.9 Å². The zero-order chi connectivity index (χ0) is 21.3. The highest BCUT2D eigenvalue weighted by molar-refractivity contribution is 6.04. The van der Waals surface area contributed by atoms with Crippen molar-refractivity contribution in [3.05, 3.63) is 65.7 Å². The third kappa shape index (κ3) is 5.90. The quantitative estimate of drug-likeness (QED) is 0.684. The molecule has 1 saturated heterocycles. The Morgan fingerprint density at radius 2 is 1.70 bits per heavy atom. The van der Waals surface area contributed by atoms with Crippen molar-refractivity contribution >= 4 is 23.5 Å². The number of rotatable bonds is 7. The van der Waals surface area contributed by atoms with E-state index in [9.17, 15) is 14.4 Å². The maximum atomic E-state index is 12.7. The topological polar surface area (TPSA) is 93.7 Å². The van der Waals surface area contributed by atoms with Gasteiger partial charge in [0, 0.05) is 13.2 Å². The smallest absolute Gasteiger partial charge is 0.309 e. The molecule has 2 aromatic rings. The van der Waals surface area contributed by atoms with Crippen LogP contribution in [-0.4, -0.2) is 37.6 Å². The number of carbonyl (C=O) groups is 3. The van der Waals surface area contributed by atoms with Gasteiger partial charge < -0.3 is 20.1 Å². The minimum atomic E-state index is -0.494. The summed E-state index contributed by atoms with van der Waals surface area (Å²) in [5, 5.41) is 5.59. The molecule has 0 radical (unpaired) electrons. The lowest BCUT2D eigenvalue weighted by Crippen LogP contribution is -2.30. The SMILES string of the molecule is CC(NC(=O)c1ccccc1NC(=O)COC(=O)C1CCOCC1)c1ccccc1. The molecule has 2 aromatic carbocycles. The van der Waals surface area contributed by atoms with Crippen LogP contribution in [0.1, 0.15) is 41.7 Å². The molecule has 1 unspecified atom stereocenters. The molecule has 1 aliphatic rings. The normalized spacial score (nSPS) is 15.1. The molecule has 0 aliphatic carbocycles. The lowest BCUT2D eigenvalue weighted by atomic mass is 10.0. The molecule has 0 saturated carbocycles. The van der Waals surface area contributed by atoms with Crippen molar-refractivity contribution in [2.75, 3.05) is 25.1 Å². The molecule has 0 bridgehead atoms. The second-order valence-electron chi connectivity index (χ2n) is 7.19. The van der Waals surface area contributed by atoms with Crippen LogP contribution in [-0.2, 0) is 19.1 Å². The number of carbonyl (C=O) groups excluding carboxylic acids is 3. The van der Waals surface area contributed by atoms with Crippen molar-refractivity contribution in [2.45, 2.75) is 25.8 Å². The van der Waals surface area contributed by atoms with Crippen molar-refractivity contribution in [1.29, 1.82) is 0 Å². The zero-order valence-electron chi connectivity index (χ0n) is 16.9. The average Bonchev–Trinajstić information content (AvgIpc) is 2.79. The average molecular weight is 410 g/mol. The first-order valence-corrected chi connectivity index (χ1v) is 10.0. The van der Waals surface area contributed by atoms with Crippen LogP contribution in [0.15, 0.2) is 54.6 Å². The summed E-state index contributed by atoms with van der Waals surface area (Å²) in [6.45, 7) is 2.54. The van der Waals surface area contributed by atoms with E-state index in [0.717, 1.165) is 5.56 Å². The molecular formula is C23H26N2O5. The minimum Gasteiger partial charge on any atom is -0.455 e. The van der Waals surface area contributed by atoms with E-state index in [-0.39, 0.29) is 17.9 Å². The van der Waals surface area contributed by atoms with E-state index in [1.807, 2.05) is 37.3 Å². The molecule has 7 nitrogen and oxygen atoms in total. The van der Waals surface area contributed by atoms with Gasteiger partial charge in [0.05, 0.1) is 23.2 Å². The maximum absolute atomic E-state index is 12.7. The molecule has 0 aromatic heterocycles. The molecule has 7 heteroatoms. The van der Waals surface area contributed by atoms with Gasteiger partial charge in [-0.3, -0.25) is 14.4 Å². The first kappa shape index (κ1) is 21.5. The minimum absolute atomic E-state index is 0.192. The molecule has 158 valence electrons. The molecule has 1 aliphatic heterocycles. The fraction of sp³-hybridized carbons (Fsp3) is 0.348. The number of hydrogen-bond acceptors (Lipinski definition) is 5. The standard InChI is InChI=1S/C23H26N2O5/c1-16(17-7-3-2-4-8-17)24-22(27)19-9-5-6-10-20(19)25-21(26)15-30-23(28)18-11-13-29-14-12-18/h2-10,16,18H,11-15H2,1H3,(H,24,27)(H,25,26). The van der Waals surface area contributed by atoms with Gasteiger partial charge >= 0.3 is 5.97 Å². The number of amides is 2. The Hall–Kier alpha value is -3.19. The summed E-state index contributed by atoms with van der Waals surface area (Å²) in [6.07, 6.45) is 1.20. The van der Waals surface area contributed by atoms with Gasteiger partial charge in [0.2, 0.25) is 0 Å². The van der Waals surface area contributed by atoms with E-state index < -0.39 is 18.5 Å². The van der Waals surface area contributed by atoms with Crippen molar-refractivity contribution in [3.8, 4) is 0 Å². The van der Waals surface area contributed by atoms with Crippen LogP contribution in [0.5, 0.6) is 0 Å². The summed E-state index contributed by atoms with van der Waals surface area (Å²) in [4.78, 5) is 37.1. The van der Waals surface area contributed by atoms with E-state index in [4.69, 9.17) is 9.47 Å². The third-order valence-electron chi connectivity index (χ3n) is 4.99. The van der Waals surface area contributed by atoms with Crippen LogP contribution in [0, 0.1) is 5.92 Å². The van der Waals surface area contributed by atoms with Gasteiger partial charge in [0.15, 0.2) is 6.61 Å². The monoisotopic (exact) mass is 410 g/mol. The summed E-state index contributed by atoms with van der Waals surface area (Å²) >= 11 is 0. The summed E-state index contributed by atoms with van der Waals surface area (Å²) in [6, 6.07) is 16.1. The molecule has 2 N–H and O–H groups in total. The van der Waals surface area contributed by atoms with Crippen LogP contribution in [0.2, 0.25) is 0 Å². The number of anilines is 1. The van der Waals surface area contributed by atoms with E-state index in [2.05, 4.69) is 10.6 Å². The van der Waals surface area contributed by atoms with Gasteiger partial charge in [0.25, 0.3) is 11.8 Å². The highest BCUT2D eigenvalue weighted by atomic mass is 16.5. The van der Waals surface area contributed by atoms with E-state index in [0.29, 0.717) is 37.3 Å². The molecule has 30 heavy (non-hydrogen) atoms. The lowest BCUT2D eigenvalue weighted by molar-refractivity contribution is -0.154. The number of hydrogen-bond donors (Lipinski definition) is 2. The number of para-hydroxylation sites is 1. The Kier molecular flexibility index (Phi) is 7.57. The number of nitrogens with one attached hydrogen (secondary N) is 2. The fourth-order valence-electron chi connectivity index (χ4n) is 3.26. The lowest BCUT2D eigenvalue weighted by Gasteiger charge is -2.20. The van der Waals surface area contributed by atoms with Crippen LogP contribution in [0.3, 0.4) is 0 Å². The Balaban J connectivity index is 1.57. The second kappa shape index (κ2) is 10.5. The van der Waals surface area contributed by atoms with Gasteiger partial charge in [-0.2, -0.15) is 0 Å². The molecule has 1 heterocycles. The van der Waals surface area contributed by atoms with E-state index >= 15 is 0 Å². The maximum Gasteiger partial charge on any atom is 0.309 e. The number of ether oxygens (including phenoxy) is 2. The third-order valence-corrected chi connectivity index (χ3v) is 4.99. The first-order valence-electron chi connectivity index (χ1n) is 10.0. The summed E-state index contributed by atoms with van der Waals surface area (Å²) in [7, 11) is 0. The van der Waals surface area contributed by atoms with Crippen molar-refractivity contribution in [3.63, 3.8) is 0 Å². The van der Waals surface area contributed by atoms with Crippen LogP contribution < -0.4 is 10.6 Å². The second-order valence-corrected chi connectivity index (χ2v) is 7.19. The molecule has 3 rings (SSSR count). The number of benzene rings is 2. The van der Waals surface area contributed by atoms with Gasteiger partial charge in [-0.25, -0.2) is 0 Å². The molecule has 1 fully saturated rings. The van der Waals surface area contributed by atoms with Gasteiger partial charge in [0.1, 0.15) is 0 Å². The Morgan fingerprint density at radius 1 is 1.03 bits per heavy atom. The van der Waals surface area contributed by atoms with Crippen LogP contribution in [0.25, 0.3) is 0 Å². The highest BCUT2D eigenvalue weighted by Gasteiger charge is 2.24. The Bertz CT molecular complexity index is 878. The summed E-state index contributed by atoms with van der Waals surface area (Å²) < 4.78 is 10.4. The van der Waals surface area contributed by atoms with Crippen molar-refractivity contribution in [1.82, 2.24) is 5.32 Å². The van der Waals surface area contributed by atoms with E-state index in [1.54, 1.807) is 24.3 Å². The largest absolute Gasteiger partial charge is 0.455 e. The molecule has 1 atom stereocenters. The van der Waals surface area contributed by atoms with Gasteiger partial charge in [-0.05, 0) is 37.5 Å². The zero-order valence-corrected chi connectivity index (χ0v) is 16.9. The predicted molar refractivity (Wildman–Crippen MR) is 112 cm³/mol. The van der Waals surface area contributed by atoms with Crippen molar-refractivity contribution in [2.24, 2.45) is 5.92 Å². The summed E-state index contributed by atoms with van der Waals surface area (Å²) in [5.41, 5.74) is 1.68. The Morgan fingerprint density at radius 3 is 2.43 bits per heavy atom.